The molecule has 0 bridgehead atoms. The number of aliphatic hydroxyl groups excluding tert-OH is 1. The average Bonchev–Trinajstić information content (AvgIpc) is 0.912. The fraction of sp³-hybridized carbons (Fsp3) is 0.952. The van der Waals surface area contributed by atoms with Crippen LogP contribution in [0.1, 0.15) is 440 Å². The average molecular weight is 1490 g/mol. The first kappa shape index (κ1) is 100. The summed E-state index contributed by atoms with van der Waals surface area (Å²) < 4.78 is 68.8. The highest BCUT2D eigenvalue weighted by atomic mass is 31.2. The molecular formula is C83H162O17P2. The van der Waals surface area contributed by atoms with E-state index in [0.717, 1.165) is 102 Å². The molecule has 0 saturated heterocycles. The molecule has 0 aliphatic heterocycles. The molecule has 0 aromatic heterocycles. The molecule has 0 saturated carbocycles. The zero-order valence-corrected chi connectivity index (χ0v) is 68.7. The molecule has 102 heavy (non-hydrogen) atoms. The van der Waals surface area contributed by atoms with E-state index in [1.54, 1.807) is 0 Å². The van der Waals surface area contributed by atoms with Gasteiger partial charge in [-0.25, -0.2) is 9.13 Å². The standard InChI is InChI=1S/C83H162O17P2/c1-7-11-13-15-17-19-21-23-30-37-43-49-55-61-67-82(87)99-78(71-93-80(85)65-59-53-47-41-35-22-20-18-16-14-12-8-2)73-97-101(89,90)95-69-77(84)70-96-102(91,92)98-74-79(100-83(88)68-62-56-50-44-38-32-27-25-29-34-40-46-52-58-64-76(6)10-4)72-94-81(86)66-60-54-48-42-36-31-26-24-28-33-39-45-51-57-63-75(5)9-3/h75-79,84H,7-74H2,1-6H3,(H,89,90)(H,91,92)/t75?,76?,77-,78+,79+/m0/s1. The van der Waals surface area contributed by atoms with Gasteiger partial charge in [0.2, 0.25) is 0 Å². The van der Waals surface area contributed by atoms with Crippen molar-refractivity contribution in [1.82, 2.24) is 0 Å². The number of carbonyl (C=O) groups excluding carboxylic acids is 4. The maximum Gasteiger partial charge on any atom is 0.472 e. The third kappa shape index (κ3) is 73.6. The highest BCUT2D eigenvalue weighted by Crippen LogP contribution is 2.45. The molecule has 0 fully saturated rings. The summed E-state index contributed by atoms with van der Waals surface area (Å²) in [6, 6.07) is 0. The first-order valence-corrected chi connectivity index (χ1v) is 46.1. The van der Waals surface area contributed by atoms with Crippen LogP contribution >= 0.6 is 15.6 Å². The van der Waals surface area contributed by atoms with Gasteiger partial charge in [0.25, 0.3) is 0 Å². The Morgan fingerprint density at radius 3 is 0.696 bits per heavy atom. The summed E-state index contributed by atoms with van der Waals surface area (Å²) in [6.45, 7) is 9.77. The van der Waals surface area contributed by atoms with E-state index in [4.69, 9.17) is 37.0 Å². The Morgan fingerprint density at radius 1 is 0.275 bits per heavy atom. The number of phosphoric acid groups is 2. The second-order valence-corrected chi connectivity index (χ2v) is 33.3. The molecule has 0 rings (SSSR count). The number of hydrogen-bond donors (Lipinski definition) is 3. The third-order valence-electron chi connectivity index (χ3n) is 20.2. The molecule has 0 aliphatic rings. The van der Waals surface area contributed by atoms with Crippen molar-refractivity contribution in [2.75, 3.05) is 39.6 Å². The second kappa shape index (κ2) is 74.5. The summed E-state index contributed by atoms with van der Waals surface area (Å²) in [5.41, 5.74) is 0. The number of ether oxygens (including phenoxy) is 4. The fourth-order valence-corrected chi connectivity index (χ4v) is 14.4. The minimum absolute atomic E-state index is 0.108. The minimum Gasteiger partial charge on any atom is -0.462 e. The van der Waals surface area contributed by atoms with Crippen LogP contribution in [0, 0.1) is 11.8 Å². The van der Waals surface area contributed by atoms with E-state index < -0.39 is 97.5 Å². The van der Waals surface area contributed by atoms with Crippen molar-refractivity contribution < 1.29 is 80.2 Å². The van der Waals surface area contributed by atoms with E-state index in [9.17, 15) is 43.2 Å². The van der Waals surface area contributed by atoms with Crippen LogP contribution in [-0.4, -0.2) is 96.7 Å². The van der Waals surface area contributed by atoms with E-state index >= 15 is 0 Å². The molecule has 0 heterocycles. The van der Waals surface area contributed by atoms with Crippen molar-refractivity contribution in [3.8, 4) is 0 Å². The number of unbranched alkanes of at least 4 members (excludes halogenated alkanes) is 50. The molecule has 3 N–H and O–H groups in total. The summed E-state index contributed by atoms with van der Waals surface area (Å²) >= 11 is 0. The quantitative estimate of drug-likeness (QED) is 0.0222. The first-order valence-electron chi connectivity index (χ1n) is 43.1. The van der Waals surface area contributed by atoms with Gasteiger partial charge in [-0.3, -0.25) is 37.3 Å². The molecule has 0 aromatic rings. The van der Waals surface area contributed by atoms with Gasteiger partial charge in [0.15, 0.2) is 12.2 Å². The summed E-state index contributed by atoms with van der Waals surface area (Å²) in [5.74, 6) is -0.407. The first-order chi connectivity index (χ1) is 49.4. The van der Waals surface area contributed by atoms with Gasteiger partial charge in [-0.15, -0.1) is 0 Å². The van der Waals surface area contributed by atoms with E-state index in [1.807, 2.05) is 0 Å². The Balaban J connectivity index is 5.26. The molecule has 606 valence electrons. The maximum absolute atomic E-state index is 13.1. The third-order valence-corrected chi connectivity index (χ3v) is 22.1. The lowest BCUT2D eigenvalue weighted by molar-refractivity contribution is -0.161. The number of hydrogen-bond acceptors (Lipinski definition) is 15. The van der Waals surface area contributed by atoms with E-state index in [1.165, 1.54) is 257 Å². The number of esters is 4. The lowest BCUT2D eigenvalue weighted by atomic mass is 9.99. The number of phosphoric ester groups is 2. The Hall–Kier alpha value is -1.94. The normalized spacial score (nSPS) is 14.4. The highest BCUT2D eigenvalue weighted by molar-refractivity contribution is 7.47. The van der Waals surface area contributed by atoms with E-state index in [0.29, 0.717) is 25.7 Å². The van der Waals surface area contributed by atoms with Gasteiger partial charge in [-0.2, -0.15) is 0 Å². The molecule has 0 amide bonds. The van der Waals surface area contributed by atoms with Crippen LogP contribution in [-0.2, 0) is 65.4 Å². The zero-order chi connectivity index (χ0) is 74.9. The molecule has 0 aliphatic carbocycles. The lowest BCUT2D eigenvalue weighted by Gasteiger charge is -2.21. The monoisotopic (exact) mass is 1490 g/mol. The molecule has 0 aromatic carbocycles. The van der Waals surface area contributed by atoms with Gasteiger partial charge in [0.05, 0.1) is 26.4 Å². The van der Waals surface area contributed by atoms with Gasteiger partial charge in [0.1, 0.15) is 19.3 Å². The van der Waals surface area contributed by atoms with Crippen molar-refractivity contribution in [1.29, 1.82) is 0 Å². The van der Waals surface area contributed by atoms with Crippen molar-refractivity contribution >= 4 is 39.5 Å². The molecule has 0 radical (unpaired) electrons. The van der Waals surface area contributed by atoms with Crippen LogP contribution in [0.3, 0.4) is 0 Å². The van der Waals surface area contributed by atoms with Crippen LogP contribution in [0.4, 0.5) is 0 Å². The summed E-state index contributed by atoms with van der Waals surface area (Å²) in [4.78, 5) is 73.1. The second-order valence-electron chi connectivity index (χ2n) is 30.4. The summed E-state index contributed by atoms with van der Waals surface area (Å²) in [6.07, 6.45) is 64.9. The molecule has 4 unspecified atom stereocenters. The number of carbonyl (C=O) groups is 4. The molecule has 19 heteroatoms. The predicted molar refractivity (Wildman–Crippen MR) is 418 cm³/mol. The minimum atomic E-state index is -4.96. The van der Waals surface area contributed by atoms with Crippen LogP contribution in [0.2, 0.25) is 0 Å². The zero-order valence-electron chi connectivity index (χ0n) is 66.9. The van der Waals surface area contributed by atoms with Crippen LogP contribution in [0.15, 0.2) is 0 Å². The van der Waals surface area contributed by atoms with Crippen LogP contribution < -0.4 is 0 Å². The molecule has 17 nitrogen and oxygen atoms in total. The van der Waals surface area contributed by atoms with Gasteiger partial charge in [0, 0.05) is 25.7 Å². The van der Waals surface area contributed by atoms with Crippen LogP contribution in [0.5, 0.6) is 0 Å². The fourth-order valence-electron chi connectivity index (χ4n) is 12.8. The van der Waals surface area contributed by atoms with Gasteiger partial charge >= 0.3 is 39.5 Å². The van der Waals surface area contributed by atoms with Gasteiger partial charge in [-0.05, 0) is 37.5 Å². The Kier molecular flexibility index (Phi) is 73.1. The molecule has 0 spiro atoms. The summed E-state index contributed by atoms with van der Waals surface area (Å²) in [5, 5.41) is 10.7. The summed E-state index contributed by atoms with van der Waals surface area (Å²) in [7, 11) is -9.92. The van der Waals surface area contributed by atoms with Crippen LogP contribution in [0.25, 0.3) is 0 Å². The van der Waals surface area contributed by atoms with E-state index in [-0.39, 0.29) is 25.7 Å². The van der Waals surface area contributed by atoms with Crippen molar-refractivity contribution in [2.45, 2.75) is 458 Å². The largest absolute Gasteiger partial charge is 0.472 e. The number of aliphatic hydroxyl groups is 1. The van der Waals surface area contributed by atoms with Crippen molar-refractivity contribution in [3.05, 3.63) is 0 Å². The van der Waals surface area contributed by atoms with Crippen molar-refractivity contribution in [2.24, 2.45) is 11.8 Å². The predicted octanol–water partition coefficient (Wildman–Crippen LogP) is 25.1. The van der Waals surface area contributed by atoms with Crippen molar-refractivity contribution in [3.63, 3.8) is 0 Å². The molecular weight excluding hydrogens is 1330 g/mol. The smallest absolute Gasteiger partial charge is 0.462 e. The van der Waals surface area contributed by atoms with Gasteiger partial charge in [-0.1, -0.05) is 388 Å². The number of rotatable bonds is 82. The van der Waals surface area contributed by atoms with Gasteiger partial charge < -0.3 is 33.8 Å². The molecule has 7 atom stereocenters. The Bertz CT molecular complexity index is 1960. The lowest BCUT2D eigenvalue weighted by Crippen LogP contribution is -2.30. The Morgan fingerprint density at radius 2 is 0.471 bits per heavy atom. The topological polar surface area (TPSA) is 237 Å². The Labute approximate surface area is 626 Å². The highest BCUT2D eigenvalue weighted by Gasteiger charge is 2.30. The SMILES string of the molecule is CCCCCCCCCCCCCCCCC(=O)O[C@H](COC(=O)CCCCCCCCCCCCCC)COP(=O)(O)OC[C@H](O)COP(=O)(O)OC[C@@H](COC(=O)CCCCCCCCCCCCCCCCC(C)CC)OC(=O)CCCCCCCCCCCCCCCCC(C)CC. The van der Waals surface area contributed by atoms with E-state index in [2.05, 4.69) is 41.5 Å². The maximum atomic E-state index is 13.1.